The van der Waals surface area contributed by atoms with E-state index in [9.17, 15) is 0 Å². The molecule has 0 amide bonds. The lowest BCUT2D eigenvalue weighted by Crippen LogP contribution is -2.03. The van der Waals surface area contributed by atoms with Gasteiger partial charge in [-0.05, 0) is 37.9 Å². The van der Waals surface area contributed by atoms with E-state index in [-0.39, 0.29) is 0 Å². The number of pyridine rings is 1. The molecule has 0 fully saturated rings. The Balaban J connectivity index is 2.05. The van der Waals surface area contributed by atoms with Gasteiger partial charge in [-0.2, -0.15) is 0 Å². The topological polar surface area (TPSA) is 50.7 Å². The van der Waals surface area contributed by atoms with Crippen molar-refractivity contribution < 1.29 is 0 Å². The van der Waals surface area contributed by atoms with Crippen LogP contribution in [0.15, 0.2) is 39.9 Å². The summed E-state index contributed by atoms with van der Waals surface area (Å²) in [5.74, 6) is 0. The van der Waals surface area contributed by atoms with Crippen LogP contribution in [-0.4, -0.2) is 15.0 Å². The zero-order valence-electron chi connectivity index (χ0n) is 8.19. The first kappa shape index (κ1) is 11.5. The van der Waals surface area contributed by atoms with Crippen LogP contribution >= 0.6 is 31.9 Å². The van der Waals surface area contributed by atoms with E-state index in [2.05, 4.69) is 52.1 Å². The lowest BCUT2D eigenvalue weighted by molar-refractivity contribution is 1.02. The molecule has 0 aliphatic heterocycles. The van der Waals surface area contributed by atoms with Gasteiger partial charge in [0.1, 0.15) is 6.33 Å². The van der Waals surface area contributed by atoms with Gasteiger partial charge in [-0.15, -0.1) is 0 Å². The van der Waals surface area contributed by atoms with Crippen LogP contribution in [0.5, 0.6) is 0 Å². The molecule has 0 spiro atoms. The molecule has 4 nitrogen and oxygen atoms in total. The highest BCUT2D eigenvalue weighted by Gasteiger charge is 2.02. The second-order valence-electron chi connectivity index (χ2n) is 3.06. The monoisotopic (exact) mass is 342 g/mol. The number of halogens is 2. The fraction of sp³-hybridized carbons (Fsp3) is 0.100. The van der Waals surface area contributed by atoms with Crippen LogP contribution in [0, 0.1) is 0 Å². The molecule has 16 heavy (non-hydrogen) atoms. The summed E-state index contributed by atoms with van der Waals surface area (Å²) in [5.41, 5.74) is 1.81. The molecule has 0 atom stereocenters. The number of nitrogens with zero attached hydrogens (tertiary/aromatic N) is 3. The van der Waals surface area contributed by atoms with E-state index in [4.69, 9.17) is 0 Å². The van der Waals surface area contributed by atoms with Crippen LogP contribution in [0.4, 0.5) is 5.69 Å². The second kappa shape index (κ2) is 5.36. The van der Waals surface area contributed by atoms with Gasteiger partial charge in [-0.1, -0.05) is 0 Å². The standard InChI is InChI=1S/C10H8Br2N4/c11-7-1-9(12)10(16-2-7)5-15-8-3-13-6-14-4-8/h1-4,6,15H,5H2. The third-order valence-corrected chi connectivity index (χ3v) is 3.02. The number of rotatable bonds is 3. The summed E-state index contributed by atoms with van der Waals surface area (Å²) in [5, 5.41) is 3.19. The fourth-order valence-electron chi connectivity index (χ4n) is 1.15. The summed E-state index contributed by atoms with van der Waals surface area (Å²) < 4.78 is 1.91. The molecule has 2 aromatic heterocycles. The molecular formula is C10H8Br2N4. The van der Waals surface area contributed by atoms with Crippen molar-refractivity contribution in [1.82, 2.24) is 15.0 Å². The highest BCUT2D eigenvalue weighted by molar-refractivity contribution is 9.11. The molecule has 0 aliphatic carbocycles. The number of aromatic nitrogens is 3. The van der Waals surface area contributed by atoms with E-state index in [0.717, 1.165) is 20.3 Å². The molecule has 82 valence electrons. The largest absolute Gasteiger partial charge is 0.377 e. The van der Waals surface area contributed by atoms with Crippen molar-refractivity contribution in [3.05, 3.63) is 45.6 Å². The second-order valence-corrected chi connectivity index (χ2v) is 4.83. The summed E-state index contributed by atoms with van der Waals surface area (Å²) in [7, 11) is 0. The lowest BCUT2D eigenvalue weighted by atomic mass is 10.3. The summed E-state index contributed by atoms with van der Waals surface area (Å²) in [6, 6.07) is 1.96. The maximum absolute atomic E-state index is 4.30. The predicted molar refractivity (Wildman–Crippen MR) is 69.0 cm³/mol. The first-order chi connectivity index (χ1) is 7.75. The molecule has 2 aromatic rings. The molecule has 2 rings (SSSR count). The van der Waals surface area contributed by atoms with Gasteiger partial charge < -0.3 is 5.32 Å². The Bertz CT molecular complexity index is 476. The zero-order valence-corrected chi connectivity index (χ0v) is 11.4. The highest BCUT2D eigenvalue weighted by Crippen LogP contribution is 2.20. The first-order valence-corrected chi connectivity index (χ1v) is 6.13. The number of hydrogen-bond donors (Lipinski definition) is 1. The van der Waals surface area contributed by atoms with Gasteiger partial charge in [0.25, 0.3) is 0 Å². The van der Waals surface area contributed by atoms with E-state index in [1.165, 1.54) is 6.33 Å². The third-order valence-electron chi connectivity index (χ3n) is 1.90. The molecule has 0 aliphatic rings. The van der Waals surface area contributed by atoms with Gasteiger partial charge in [-0.3, -0.25) is 4.98 Å². The van der Waals surface area contributed by atoms with Gasteiger partial charge in [0.2, 0.25) is 0 Å². The Morgan fingerprint density at radius 3 is 2.56 bits per heavy atom. The van der Waals surface area contributed by atoms with E-state index in [1.54, 1.807) is 18.6 Å². The van der Waals surface area contributed by atoms with Crippen molar-refractivity contribution in [3.8, 4) is 0 Å². The molecule has 0 unspecified atom stereocenters. The average molecular weight is 344 g/mol. The summed E-state index contributed by atoms with van der Waals surface area (Å²) in [4.78, 5) is 12.1. The SMILES string of the molecule is Brc1cnc(CNc2cncnc2)c(Br)c1. The predicted octanol–water partition coefficient (Wildman–Crippen LogP) is 3.01. The first-order valence-electron chi connectivity index (χ1n) is 4.54. The quantitative estimate of drug-likeness (QED) is 0.930. The maximum Gasteiger partial charge on any atom is 0.115 e. The van der Waals surface area contributed by atoms with Crippen LogP contribution < -0.4 is 5.32 Å². The van der Waals surface area contributed by atoms with Crippen molar-refractivity contribution in [2.75, 3.05) is 5.32 Å². The van der Waals surface area contributed by atoms with E-state index in [1.807, 2.05) is 6.07 Å². The van der Waals surface area contributed by atoms with Crippen molar-refractivity contribution in [2.24, 2.45) is 0 Å². The van der Waals surface area contributed by atoms with Crippen molar-refractivity contribution in [1.29, 1.82) is 0 Å². The molecule has 0 saturated heterocycles. The van der Waals surface area contributed by atoms with Crippen molar-refractivity contribution in [3.63, 3.8) is 0 Å². The molecular weight excluding hydrogens is 336 g/mol. The number of anilines is 1. The van der Waals surface area contributed by atoms with Gasteiger partial charge in [0.05, 0.1) is 30.3 Å². The number of nitrogens with one attached hydrogen (secondary N) is 1. The van der Waals surface area contributed by atoms with Crippen LogP contribution in [0.3, 0.4) is 0 Å². The van der Waals surface area contributed by atoms with Crippen molar-refractivity contribution in [2.45, 2.75) is 6.54 Å². The number of hydrogen-bond acceptors (Lipinski definition) is 4. The van der Waals surface area contributed by atoms with Crippen LogP contribution in [-0.2, 0) is 6.54 Å². The Morgan fingerprint density at radius 2 is 1.88 bits per heavy atom. The van der Waals surface area contributed by atoms with Gasteiger partial charge in [0.15, 0.2) is 0 Å². The highest BCUT2D eigenvalue weighted by atomic mass is 79.9. The van der Waals surface area contributed by atoms with Gasteiger partial charge in [-0.25, -0.2) is 9.97 Å². The maximum atomic E-state index is 4.30. The zero-order chi connectivity index (χ0) is 11.4. The van der Waals surface area contributed by atoms with Crippen LogP contribution in [0.1, 0.15) is 5.69 Å². The average Bonchev–Trinajstić information content (AvgIpc) is 2.29. The third kappa shape index (κ3) is 2.99. The Kier molecular flexibility index (Phi) is 3.84. The van der Waals surface area contributed by atoms with E-state index in [0.29, 0.717) is 6.54 Å². The summed E-state index contributed by atoms with van der Waals surface area (Å²) >= 11 is 6.82. The minimum atomic E-state index is 0.626. The lowest BCUT2D eigenvalue weighted by Gasteiger charge is -2.06. The molecule has 0 radical (unpaired) electrons. The van der Waals surface area contributed by atoms with Crippen molar-refractivity contribution >= 4 is 37.5 Å². The van der Waals surface area contributed by atoms with Gasteiger partial charge in [0, 0.05) is 15.1 Å². The molecule has 0 aromatic carbocycles. The molecule has 6 heteroatoms. The molecule has 1 N–H and O–H groups in total. The molecule has 2 heterocycles. The van der Waals surface area contributed by atoms with E-state index >= 15 is 0 Å². The minimum Gasteiger partial charge on any atom is -0.377 e. The summed E-state index contributed by atoms with van der Waals surface area (Å²) in [6.07, 6.45) is 6.71. The molecule has 0 saturated carbocycles. The Hall–Kier alpha value is -1.01. The van der Waals surface area contributed by atoms with Gasteiger partial charge >= 0.3 is 0 Å². The minimum absolute atomic E-state index is 0.626. The fourth-order valence-corrected chi connectivity index (χ4v) is 2.28. The Labute approximate surface area is 110 Å². The van der Waals surface area contributed by atoms with E-state index < -0.39 is 0 Å². The normalized spacial score (nSPS) is 10.1. The van der Waals surface area contributed by atoms with Crippen LogP contribution in [0.25, 0.3) is 0 Å². The van der Waals surface area contributed by atoms with Crippen LogP contribution in [0.2, 0.25) is 0 Å². The smallest absolute Gasteiger partial charge is 0.115 e. The summed E-state index contributed by atoms with van der Waals surface area (Å²) in [6.45, 7) is 0.626. The Morgan fingerprint density at radius 1 is 1.12 bits per heavy atom. The molecule has 0 bridgehead atoms.